The molecular formula is C9H16ClNOS. The molecule has 4 heteroatoms. The van der Waals surface area contributed by atoms with Crippen molar-refractivity contribution in [2.45, 2.75) is 25.8 Å². The molecule has 0 aromatic heterocycles. The average Bonchev–Trinajstić information content (AvgIpc) is 2.55. The minimum atomic E-state index is 0.211. The second kappa shape index (κ2) is 5.76. The highest BCUT2D eigenvalue weighted by atomic mass is 35.5. The molecule has 1 fully saturated rings. The lowest BCUT2D eigenvalue weighted by atomic mass is 10.1. The van der Waals surface area contributed by atoms with Crippen LogP contribution in [0.1, 0.15) is 19.8 Å². The van der Waals surface area contributed by atoms with Crippen LogP contribution in [0, 0.1) is 5.92 Å². The molecule has 0 aromatic rings. The summed E-state index contributed by atoms with van der Waals surface area (Å²) in [6, 6.07) is 0.218. The van der Waals surface area contributed by atoms with Gasteiger partial charge in [-0.25, -0.2) is 0 Å². The first-order chi connectivity index (χ1) is 6.24. The van der Waals surface area contributed by atoms with Crippen molar-refractivity contribution in [2.75, 3.05) is 17.4 Å². The Kier molecular flexibility index (Phi) is 4.96. The lowest BCUT2D eigenvalue weighted by molar-refractivity contribution is -0.124. The van der Waals surface area contributed by atoms with E-state index in [-0.39, 0.29) is 17.9 Å². The highest BCUT2D eigenvalue weighted by Crippen LogP contribution is 2.23. The minimum Gasteiger partial charge on any atom is -0.353 e. The van der Waals surface area contributed by atoms with Crippen molar-refractivity contribution >= 4 is 29.3 Å². The molecule has 0 spiro atoms. The molecule has 0 bridgehead atoms. The number of nitrogens with one attached hydrogen (secondary N) is 1. The zero-order valence-corrected chi connectivity index (χ0v) is 9.46. The summed E-state index contributed by atoms with van der Waals surface area (Å²) < 4.78 is 0. The van der Waals surface area contributed by atoms with Gasteiger partial charge in [-0.05, 0) is 25.5 Å². The highest BCUT2D eigenvalue weighted by Gasteiger charge is 2.23. The zero-order valence-electron chi connectivity index (χ0n) is 7.88. The maximum atomic E-state index is 11.6. The van der Waals surface area contributed by atoms with Crippen LogP contribution in [0.25, 0.3) is 0 Å². The second-order valence-electron chi connectivity index (χ2n) is 3.45. The van der Waals surface area contributed by atoms with Gasteiger partial charge in [-0.3, -0.25) is 4.79 Å². The van der Waals surface area contributed by atoms with Crippen LogP contribution >= 0.6 is 23.4 Å². The Bertz CT molecular complexity index is 171. The van der Waals surface area contributed by atoms with Gasteiger partial charge in [0.05, 0.1) is 0 Å². The predicted molar refractivity (Wildman–Crippen MR) is 58.4 cm³/mol. The second-order valence-corrected chi connectivity index (χ2v) is 4.98. The Balaban J connectivity index is 2.23. The topological polar surface area (TPSA) is 29.1 Å². The molecule has 0 saturated carbocycles. The fourth-order valence-corrected chi connectivity index (χ4v) is 2.89. The summed E-state index contributed by atoms with van der Waals surface area (Å²) in [5.74, 6) is 3.17. The predicted octanol–water partition coefficient (Wildman–Crippen LogP) is 1.87. The molecule has 1 aliphatic heterocycles. The molecule has 0 aromatic carbocycles. The molecule has 1 heterocycles. The van der Waals surface area contributed by atoms with Gasteiger partial charge >= 0.3 is 0 Å². The van der Waals surface area contributed by atoms with E-state index in [1.165, 1.54) is 0 Å². The summed E-state index contributed by atoms with van der Waals surface area (Å²) in [6.07, 6.45) is 1.89. The Morgan fingerprint density at radius 3 is 3.08 bits per heavy atom. The summed E-state index contributed by atoms with van der Waals surface area (Å²) >= 11 is 7.45. The van der Waals surface area contributed by atoms with Crippen LogP contribution in [0.5, 0.6) is 0 Å². The van der Waals surface area contributed by atoms with Crippen LogP contribution in [-0.2, 0) is 4.79 Å². The van der Waals surface area contributed by atoms with E-state index in [1.807, 2.05) is 18.7 Å². The maximum Gasteiger partial charge on any atom is 0.224 e. The van der Waals surface area contributed by atoms with Crippen molar-refractivity contribution < 1.29 is 4.79 Å². The Morgan fingerprint density at radius 1 is 1.77 bits per heavy atom. The van der Waals surface area contributed by atoms with Gasteiger partial charge in [0, 0.05) is 23.6 Å². The van der Waals surface area contributed by atoms with Crippen LogP contribution in [0.3, 0.4) is 0 Å². The Morgan fingerprint density at radius 2 is 2.54 bits per heavy atom. The Labute approximate surface area is 88.8 Å². The van der Waals surface area contributed by atoms with E-state index in [2.05, 4.69) is 5.32 Å². The van der Waals surface area contributed by atoms with Crippen LogP contribution in [0.2, 0.25) is 0 Å². The van der Waals surface area contributed by atoms with E-state index < -0.39 is 0 Å². The van der Waals surface area contributed by atoms with Gasteiger partial charge in [0.25, 0.3) is 0 Å². The van der Waals surface area contributed by atoms with Crippen molar-refractivity contribution in [3.63, 3.8) is 0 Å². The first kappa shape index (κ1) is 11.2. The van der Waals surface area contributed by atoms with Crippen LogP contribution < -0.4 is 5.32 Å². The van der Waals surface area contributed by atoms with Crippen molar-refractivity contribution in [3.05, 3.63) is 0 Å². The molecule has 1 saturated heterocycles. The van der Waals surface area contributed by atoms with Gasteiger partial charge in [0.1, 0.15) is 0 Å². The fourth-order valence-electron chi connectivity index (χ4n) is 1.34. The number of alkyl halides is 1. The van der Waals surface area contributed by atoms with Gasteiger partial charge in [-0.2, -0.15) is 11.8 Å². The third-order valence-electron chi connectivity index (χ3n) is 2.23. The molecular weight excluding hydrogens is 206 g/mol. The molecule has 2 atom stereocenters. The molecule has 0 aliphatic carbocycles. The van der Waals surface area contributed by atoms with Gasteiger partial charge in [0.2, 0.25) is 5.91 Å². The number of hydrogen-bond donors (Lipinski definition) is 1. The van der Waals surface area contributed by atoms with Gasteiger partial charge in [0.15, 0.2) is 0 Å². The molecule has 2 unspecified atom stereocenters. The van der Waals surface area contributed by atoms with Crippen molar-refractivity contribution in [1.82, 2.24) is 5.32 Å². The maximum absolute atomic E-state index is 11.6. The van der Waals surface area contributed by atoms with Crippen LogP contribution in [0.4, 0.5) is 0 Å². The number of carbonyl (C=O) groups is 1. The molecule has 1 rings (SSSR count). The number of halogens is 1. The van der Waals surface area contributed by atoms with Crippen molar-refractivity contribution in [2.24, 2.45) is 5.92 Å². The third-order valence-corrected chi connectivity index (χ3v) is 3.61. The first-order valence-electron chi connectivity index (χ1n) is 4.68. The highest BCUT2D eigenvalue weighted by molar-refractivity contribution is 7.99. The largest absolute Gasteiger partial charge is 0.353 e. The summed E-state index contributed by atoms with van der Waals surface area (Å²) in [6.45, 7) is 2.00. The van der Waals surface area contributed by atoms with E-state index in [4.69, 9.17) is 11.6 Å². The standard InChI is InChI=1S/C9H16ClNOS/c1-7(2-4-10)11-9(12)8-3-5-13-6-8/h7-8H,2-6H2,1H3,(H,11,12). The first-order valence-corrected chi connectivity index (χ1v) is 6.37. The number of hydrogen-bond acceptors (Lipinski definition) is 2. The Hall–Kier alpha value is 0.110. The third kappa shape index (κ3) is 3.77. The molecule has 76 valence electrons. The zero-order chi connectivity index (χ0) is 9.68. The van der Waals surface area contributed by atoms with Crippen LogP contribution in [-0.4, -0.2) is 29.3 Å². The molecule has 2 nitrogen and oxygen atoms in total. The normalized spacial score (nSPS) is 24.3. The summed E-state index contributed by atoms with van der Waals surface area (Å²) in [4.78, 5) is 11.6. The molecule has 1 aliphatic rings. The average molecular weight is 222 g/mol. The number of thioether (sulfide) groups is 1. The number of rotatable bonds is 4. The van der Waals surface area contributed by atoms with E-state index in [0.29, 0.717) is 5.88 Å². The molecule has 13 heavy (non-hydrogen) atoms. The van der Waals surface area contributed by atoms with E-state index in [0.717, 1.165) is 24.3 Å². The van der Waals surface area contributed by atoms with E-state index in [1.54, 1.807) is 0 Å². The van der Waals surface area contributed by atoms with Crippen molar-refractivity contribution in [3.8, 4) is 0 Å². The van der Waals surface area contributed by atoms with E-state index >= 15 is 0 Å². The molecule has 1 amide bonds. The lowest BCUT2D eigenvalue weighted by Crippen LogP contribution is -2.37. The number of carbonyl (C=O) groups excluding carboxylic acids is 1. The molecule has 1 N–H and O–H groups in total. The van der Waals surface area contributed by atoms with Gasteiger partial charge < -0.3 is 5.32 Å². The minimum absolute atomic E-state index is 0.211. The summed E-state index contributed by atoms with van der Waals surface area (Å²) in [5, 5.41) is 2.99. The quantitative estimate of drug-likeness (QED) is 0.735. The summed E-state index contributed by atoms with van der Waals surface area (Å²) in [7, 11) is 0. The lowest BCUT2D eigenvalue weighted by Gasteiger charge is -2.15. The summed E-state index contributed by atoms with van der Waals surface area (Å²) in [5.41, 5.74) is 0. The molecule has 0 radical (unpaired) electrons. The van der Waals surface area contributed by atoms with E-state index in [9.17, 15) is 4.79 Å². The fraction of sp³-hybridized carbons (Fsp3) is 0.889. The number of amides is 1. The monoisotopic (exact) mass is 221 g/mol. The van der Waals surface area contributed by atoms with Crippen molar-refractivity contribution in [1.29, 1.82) is 0 Å². The van der Waals surface area contributed by atoms with Gasteiger partial charge in [-0.1, -0.05) is 0 Å². The van der Waals surface area contributed by atoms with Gasteiger partial charge in [-0.15, -0.1) is 11.6 Å². The van der Waals surface area contributed by atoms with Crippen LogP contribution in [0.15, 0.2) is 0 Å². The smallest absolute Gasteiger partial charge is 0.224 e. The SMILES string of the molecule is CC(CCCl)NC(=O)C1CCSC1.